The summed E-state index contributed by atoms with van der Waals surface area (Å²) in [6, 6.07) is 4.52. The lowest BCUT2D eigenvalue weighted by Crippen LogP contribution is -2.23. The summed E-state index contributed by atoms with van der Waals surface area (Å²) in [5.41, 5.74) is 7.96. The van der Waals surface area contributed by atoms with Gasteiger partial charge in [-0.25, -0.2) is 0 Å². The molecule has 0 bridgehead atoms. The van der Waals surface area contributed by atoms with Gasteiger partial charge in [0.25, 0.3) is 0 Å². The Kier molecular flexibility index (Phi) is 5.00. The lowest BCUT2D eigenvalue weighted by atomic mass is 10.2. The quantitative estimate of drug-likeness (QED) is 0.359. The highest BCUT2D eigenvalue weighted by Gasteiger charge is 2.14. The molecule has 0 atom stereocenters. The number of hydrogen-bond donors (Lipinski definition) is 2. The number of nitrogens with zero attached hydrogens (tertiary/aromatic N) is 2. The van der Waals surface area contributed by atoms with Crippen LogP contribution in [0.1, 0.15) is 12.5 Å². The van der Waals surface area contributed by atoms with Crippen LogP contribution in [0.15, 0.2) is 23.3 Å². The minimum atomic E-state index is -0.511. The predicted molar refractivity (Wildman–Crippen MR) is 71.8 cm³/mol. The van der Waals surface area contributed by atoms with Gasteiger partial charge in [0.2, 0.25) is 0 Å². The minimum absolute atomic E-state index is 0.0201. The van der Waals surface area contributed by atoms with Crippen LogP contribution in [0.2, 0.25) is 0 Å². The molecular formula is C10H12N4O3S. The average Bonchev–Trinajstić information content (AvgIpc) is 2.30. The molecule has 0 aliphatic heterocycles. The largest absolute Gasteiger partial charge is 0.487 e. The van der Waals surface area contributed by atoms with Gasteiger partial charge in [0.1, 0.15) is 0 Å². The van der Waals surface area contributed by atoms with E-state index in [1.165, 1.54) is 18.3 Å². The molecule has 0 unspecified atom stereocenters. The zero-order valence-electron chi connectivity index (χ0n) is 9.62. The van der Waals surface area contributed by atoms with E-state index in [4.69, 9.17) is 10.5 Å². The molecule has 0 saturated heterocycles. The number of nitro groups is 1. The molecule has 3 N–H and O–H groups in total. The molecule has 0 amide bonds. The van der Waals surface area contributed by atoms with Crippen LogP contribution < -0.4 is 15.9 Å². The van der Waals surface area contributed by atoms with Crippen molar-refractivity contribution in [2.24, 2.45) is 10.8 Å². The van der Waals surface area contributed by atoms with Crippen molar-refractivity contribution in [1.29, 1.82) is 0 Å². The Labute approximate surface area is 109 Å². The first-order valence-electron chi connectivity index (χ1n) is 5.04. The summed E-state index contributed by atoms with van der Waals surface area (Å²) in [5, 5.41) is 14.6. The molecule has 0 fully saturated rings. The molecule has 1 aromatic carbocycles. The Morgan fingerprint density at radius 1 is 1.72 bits per heavy atom. The number of thiocarbonyl (C=S) groups is 1. The summed E-state index contributed by atoms with van der Waals surface area (Å²) < 4.78 is 5.15. The Hall–Kier alpha value is -2.22. The smallest absolute Gasteiger partial charge is 0.311 e. The van der Waals surface area contributed by atoms with E-state index in [9.17, 15) is 10.1 Å². The lowest BCUT2D eigenvalue weighted by molar-refractivity contribution is -0.385. The van der Waals surface area contributed by atoms with Gasteiger partial charge in [-0.3, -0.25) is 15.5 Å². The summed E-state index contributed by atoms with van der Waals surface area (Å²) in [6.45, 7) is 2.11. The first-order valence-corrected chi connectivity index (χ1v) is 5.45. The summed E-state index contributed by atoms with van der Waals surface area (Å²) in [7, 11) is 0. The van der Waals surface area contributed by atoms with E-state index in [1.807, 2.05) is 0 Å². The number of rotatable bonds is 5. The molecular weight excluding hydrogens is 256 g/mol. The minimum Gasteiger partial charge on any atom is -0.487 e. The molecule has 1 rings (SSSR count). The first-order chi connectivity index (χ1) is 8.54. The van der Waals surface area contributed by atoms with Gasteiger partial charge in [-0.1, -0.05) is 0 Å². The maximum atomic E-state index is 10.9. The molecule has 7 nitrogen and oxygen atoms in total. The van der Waals surface area contributed by atoms with Crippen molar-refractivity contribution in [2.75, 3.05) is 6.61 Å². The van der Waals surface area contributed by atoms with Gasteiger partial charge in [0.05, 0.1) is 17.7 Å². The van der Waals surface area contributed by atoms with Crippen molar-refractivity contribution >= 4 is 29.2 Å². The van der Waals surface area contributed by atoms with Crippen LogP contribution in [0.5, 0.6) is 5.75 Å². The van der Waals surface area contributed by atoms with Crippen molar-refractivity contribution < 1.29 is 9.66 Å². The van der Waals surface area contributed by atoms with E-state index in [0.29, 0.717) is 12.2 Å². The van der Waals surface area contributed by atoms with Crippen molar-refractivity contribution in [3.63, 3.8) is 0 Å². The van der Waals surface area contributed by atoms with E-state index in [1.54, 1.807) is 13.0 Å². The third kappa shape index (κ3) is 3.98. The van der Waals surface area contributed by atoms with E-state index >= 15 is 0 Å². The fourth-order valence-electron chi connectivity index (χ4n) is 1.21. The van der Waals surface area contributed by atoms with Crippen LogP contribution in [0.25, 0.3) is 0 Å². The number of nitrogens with two attached hydrogens (primary N) is 1. The predicted octanol–water partition coefficient (Wildman–Crippen LogP) is 1.16. The zero-order valence-corrected chi connectivity index (χ0v) is 10.4. The highest BCUT2D eigenvalue weighted by Crippen LogP contribution is 2.27. The Morgan fingerprint density at radius 3 is 3.00 bits per heavy atom. The van der Waals surface area contributed by atoms with Crippen LogP contribution in [0, 0.1) is 10.1 Å². The summed E-state index contributed by atoms with van der Waals surface area (Å²) in [4.78, 5) is 10.3. The third-order valence-corrected chi connectivity index (χ3v) is 1.96. The second-order valence-corrected chi connectivity index (χ2v) is 3.59. The molecule has 96 valence electrons. The monoisotopic (exact) mass is 268 g/mol. The number of hydrogen-bond acceptors (Lipinski definition) is 5. The Morgan fingerprint density at radius 2 is 2.44 bits per heavy atom. The summed E-state index contributed by atoms with van der Waals surface area (Å²) in [5.74, 6) is 0.224. The van der Waals surface area contributed by atoms with Crippen LogP contribution in [0.4, 0.5) is 5.69 Å². The SMILES string of the molecule is CCOc1ccc(/C=N\NC(N)=S)cc1[N+](=O)[O-]. The third-order valence-electron chi connectivity index (χ3n) is 1.87. The molecule has 0 heterocycles. The van der Waals surface area contributed by atoms with E-state index in [-0.39, 0.29) is 16.5 Å². The van der Waals surface area contributed by atoms with Crippen LogP contribution >= 0.6 is 12.2 Å². The normalized spacial score (nSPS) is 10.3. The molecule has 0 aliphatic carbocycles. The number of nitrogens with one attached hydrogen (secondary N) is 1. The van der Waals surface area contributed by atoms with Crippen LogP contribution in [-0.4, -0.2) is 22.9 Å². The van der Waals surface area contributed by atoms with E-state index in [2.05, 4.69) is 22.7 Å². The van der Waals surface area contributed by atoms with E-state index in [0.717, 1.165) is 0 Å². The van der Waals surface area contributed by atoms with Gasteiger partial charge in [-0.2, -0.15) is 5.10 Å². The first kappa shape index (κ1) is 13.8. The second-order valence-electron chi connectivity index (χ2n) is 3.15. The Balaban J connectivity index is 2.96. The second kappa shape index (κ2) is 6.50. The van der Waals surface area contributed by atoms with Gasteiger partial charge in [0.15, 0.2) is 10.9 Å². The highest BCUT2D eigenvalue weighted by molar-refractivity contribution is 7.80. The molecule has 0 aromatic heterocycles. The topological polar surface area (TPSA) is 103 Å². The highest BCUT2D eigenvalue weighted by atomic mass is 32.1. The summed E-state index contributed by atoms with van der Waals surface area (Å²) in [6.07, 6.45) is 1.38. The van der Waals surface area contributed by atoms with Crippen molar-refractivity contribution in [2.45, 2.75) is 6.92 Å². The number of hydrazone groups is 1. The molecule has 8 heteroatoms. The summed E-state index contributed by atoms with van der Waals surface area (Å²) >= 11 is 4.56. The van der Waals surface area contributed by atoms with Gasteiger partial charge in [-0.05, 0) is 31.3 Å². The standard InChI is InChI=1S/C10H12N4O3S/c1-2-17-9-4-3-7(5-8(9)14(15)16)6-12-13-10(11)18/h3-6H,2H2,1H3,(H3,11,13,18)/b12-6-. The van der Waals surface area contributed by atoms with E-state index < -0.39 is 4.92 Å². The number of ether oxygens (including phenoxy) is 1. The van der Waals surface area contributed by atoms with Gasteiger partial charge < -0.3 is 10.5 Å². The van der Waals surface area contributed by atoms with Crippen LogP contribution in [-0.2, 0) is 0 Å². The number of nitro benzene ring substituents is 1. The van der Waals surface area contributed by atoms with Crippen LogP contribution in [0.3, 0.4) is 0 Å². The number of benzene rings is 1. The molecule has 0 spiro atoms. The fraction of sp³-hybridized carbons (Fsp3) is 0.200. The fourth-order valence-corrected chi connectivity index (χ4v) is 1.26. The van der Waals surface area contributed by atoms with Crippen molar-refractivity contribution in [3.05, 3.63) is 33.9 Å². The van der Waals surface area contributed by atoms with Gasteiger partial charge in [-0.15, -0.1) is 0 Å². The average molecular weight is 268 g/mol. The molecule has 0 radical (unpaired) electrons. The van der Waals surface area contributed by atoms with Gasteiger partial charge >= 0.3 is 5.69 Å². The molecule has 0 aliphatic rings. The Bertz CT molecular complexity index is 490. The van der Waals surface area contributed by atoms with Crippen molar-refractivity contribution in [1.82, 2.24) is 5.43 Å². The van der Waals surface area contributed by atoms with Crippen molar-refractivity contribution in [3.8, 4) is 5.75 Å². The van der Waals surface area contributed by atoms with Gasteiger partial charge in [0, 0.05) is 11.6 Å². The zero-order chi connectivity index (χ0) is 13.5. The maximum absolute atomic E-state index is 10.9. The maximum Gasteiger partial charge on any atom is 0.311 e. The molecule has 18 heavy (non-hydrogen) atoms. The molecule has 0 saturated carbocycles. The molecule has 1 aromatic rings. The lowest BCUT2D eigenvalue weighted by Gasteiger charge is -2.04.